The molecule has 1 amide bonds. The Bertz CT molecular complexity index is 237. The van der Waals surface area contributed by atoms with Crippen LogP contribution < -0.4 is 5.73 Å². The molecule has 1 fully saturated rings. The molecule has 1 aliphatic rings. The highest BCUT2D eigenvalue weighted by Crippen LogP contribution is 2.16. The van der Waals surface area contributed by atoms with Gasteiger partial charge in [-0.05, 0) is 31.8 Å². The van der Waals surface area contributed by atoms with Crippen LogP contribution >= 0.6 is 0 Å². The van der Waals surface area contributed by atoms with Crippen LogP contribution in [0.15, 0.2) is 0 Å². The van der Waals surface area contributed by atoms with Crippen LogP contribution in [0.2, 0.25) is 0 Å². The first-order chi connectivity index (χ1) is 8.71. The highest BCUT2D eigenvalue weighted by molar-refractivity contribution is 5.76. The normalized spacial score (nSPS) is 18.9. The van der Waals surface area contributed by atoms with Crippen LogP contribution in [-0.2, 0) is 4.79 Å². The third-order valence-electron chi connectivity index (χ3n) is 4.09. The van der Waals surface area contributed by atoms with E-state index in [9.17, 15) is 4.79 Å². The van der Waals surface area contributed by atoms with E-state index >= 15 is 0 Å². The van der Waals surface area contributed by atoms with E-state index in [-0.39, 0.29) is 0 Å². The van der Waals surface area contributed by atoms with Gasteiger partial charge in [-0.1, -0.05) is 20.3 Å². The molecule has 0 radical (unpaired) electrons. The van der Waals surface area contributed by atoms with Gasteiger partial charge in [-0.25, -0.2) is 0 Å². The van der Waals surface area contributed by atoms with Crippen LogP contribution in [0.25, 0.3) is 0 Å². The van der Waals surface area contributed by atoms with Crippen LogP contribution in [0.5, 0.6) is 0 Å². The largest absolute Gasteiger partial charge is 0.340 e. The van der Waals surface area contributed by atoms with Gasteiger partial charge >= 0.3 is 0 Å². The summed E-state index contributed by atoms with van der Waals surface area (Å²) in [6.45, 7) is 10.1. The van der Waals surface area contributed by atoms with Crippen molar-refractivity contribution < 1.29 is 4.79 Å². The van der Waals surface area contributed by atoms with E-state index < -0.39 is 0 Å². The SMILES string of the molecule is CCC(CCN)CCC(=O)N1CCN(CC)CC1. The van der Waals surface area contributed by atoms with Crippen molar-refractivity contribution in [3.63, 3.8) is 0 Å². The minimum Gasteiger partial charge on any atom is -0.340 e. The molecule has 0 bridgehead atoms. The van der Waals surface area contributed by atoms with Crippen LogP contribution in [0.3, 0.4) is 0 Å². The van der Waals surface area contributed by atoms with Crippen molar-refractivity contribution in [3.8, 4) is 0 Å². The van der Waals surface area contributed by atoms with Gasteiger partial charge in [-0.2, -0.15) is 0 Å². The summed E-state index contributed by atoms with van der Waals surface area (Å²) in [4.78, 5) is 16.5. The number of nitrogens with zero attached hydrogens (tertiary/aromatic N) is 2. The molecule has 0 spiro atoms. The lowest BCUT2D eigenvalue weighted by molar-refractivity contribution is -0.133. The van der Waals surface area contributed by atoms with E-state index in [1.54, 1.807) is 0 Å². The van der Waals surface area contributed by atoms with Gasteiger partial charge in [0, 0.05) is 32.6 Å². The molecular weight excluding hydrogens is 226 g/mol. The average Bonchev–Trinajstić information content (AvgIpc) is 2.43. The Morgan fingerprint density at radius 3 is 2.33 bits per heavy atom. The first-order valence-corrected chi connectivity index (χ1v) is 7.41. The van der Waals surface area contributed by atoms with E-state index in [4.69, 9.17) is 5.73 Å². The topological polar surface area (TPSA) is 49.6 Å². The lowest BCUT2D eigenvalue weighted by Gasteiger charge is -2.34. The van der Waals surface area contributed by atoms with Crippen molar-refractivity contribution in [3.05, 3.63) is 0 Å². The Morgan fingerprint density at radius 2 is 1.83 bits per heavy atom. The zero-order chi connectivity index (χ0) is 13.4. The fourth-order valence-corrected chi connectivity index (χ4v) is 2.59. The number of nitrogens with two attached hydrogens (primary N) is 1. The van der Waals surface area contributed by atoms with Gasteiger partial charge in [-0.15, -0.1) is 0 Å². The molecule has 0 aliphatic carbocycles. The Labute approximate surface area is 111 Å². The first-order valence-electron chi connectivity index (χ1n) is 7.41. The minimum atomic E-state index is 0.334. The lowest BCUT2D eigenvalue weighted by atomic mass is 9.96. The number of carbonyl (C=O) groups is 1. The summed E-state index contributed by atoms with van der Waals surface area (Å²) in [5, 5.41) is 0. The molecule has 1 unspecified atom stereocenters. The summed E-state index contributed by atoms with van der Waals surface area (Å²) in [7, 11) is 0. The molecule has 0 aromatic rings. The minimum absolute atomic E-state index is 0.334. The predicted octanol–water partition coefficient (Wildman–Crippen LogP) is 1.31. The van der Waals surface area contributed by atoms with Gasteiger partial charge in [-0.3, -0.25) is 4.79 Å². The quantitative estimate of drug-likeness (QED) is 0.746. The highest BCUT2D eigenvalue weighted by atomic mass is 16.2. The summed E-state index contributed by atoms with van der Waals surface area (Å²) in [6, 6.07) is 0. The number of rotatable bonds is 7. The van der Waals surface area contributed by atoms with Crippen molar-refractivity contribution in [2.24, 2.45) is 11.7 Å². The Balaban J connectivity index is 2.24. The average molecular weight is 255 g/mol. The second-order valence-corrected chi connectivity index (χ2v) is 5.21. The molecule has 106 valence electrons. The lowest BCUT2D eigenvalue weighted by Crippen LogP contribution is -2.48. The number of piperazine rings is 1. The number of carbonyl (C=O) groups excluding carboxylic acids is 1. The third kappa shape index (κ3) is 4.94. The number of likely N-dealkylation sites (N-methyl/N-ethyl adjacent to an activating group) is 1. The summed E-state index contributed by atoms with van der Waals surface area (Å²) in [5.74, 6) is 0.956. The fourth-order valence-electron chi connectivity index (χ4n) is 2.59. The Hall–Kier alpha value is -0.610. The van der Waals surface area contributed by atoms with E-state index in [2.05, 4.69) is 18.7 Å². The van der Waals surface area contributed by atoms with Gasteiger partial charge in [0.1, 0.15) is 0 Å². The second-order valence-electron chi connectivity index (χ2n) is 5.21. The molecule has 4 heteroatoms. The van der Waals surface area contributed by atoms with Crippen molar-refractivity contribution in [2.45, 2.75) is 39.5 Å². The van der Waals surface area contributed by atoms with Crippen LogP contribution in [-0.4, -0.2) is 55.0 Å². The molecule has 0 aromatic carbocycles. The molecule has 18 heavy (non-hydrogen) atoms. The molecule has 4 nitrogen and oxygen atoms in total. The van der Waals surface area contributed by atoms with Crippen LogP contribution in [0, 0.1) is 5.92 Å². The Kier molecular flexibility index (Phi) is 7.28. The smallest absolute Gasteiger partial charge is 0.222 e. The molecule has 1 heterocycles. The maximum Gasteiger partial charge on any atom is 0.222 e. The maximum absolute atomic E-state index is 12.1. The second kappa shape index (κ2) is 8.48. The summed E-state index contributed by atoms with van der Waals surface area (Å²) in [5.41, 5.74) is 5.58. The molecule has 1 saturated heterocycles. The van der Waals surface area contributed by atoms with E-state index in [1.165, 1.54) is 0 Å². The molecule has 1 aliphatic heterocycles. The highest BCUT2D eigenvalue weighted by Gasteiger charge is 2.20. The Morgan fingerprint density at radius 1 is 1.17 bits per heavy atom. The zero-order valence-electron chi connectivity index (χ0n) is 12.0. The van der Waals surface area contributed by atoms with Crippen molar-refractivity contribution >= 4 is 5.91 Å². The molecule has 0 aromatic heterocycles. The zero-order valence-corrected chi connectivity index (χ0v) is 12.0. The van der Waals surface area contributed by atoms with Crippen LogP contribution in [0.1, 0.15) is 39.5 Å². The summed E-state index contributed by atoms with van der Waals surface area (Å²) in [6.07, 6.45) is 3.88. The van der Waals surface area contributed by atoms with Crippen molar-refractivity contribution in [1.29, 1.82) is 0 Å². The van der Waals surface area contributed by atoms with Gasteiger partial charge in [0.15, 0.2) is 0 Å². The van der Waals surface area contributed by atoms with Gasteiger partial charge < -0.3 is 15.5 Å². The van der Waals surface area contributed by atoms with Crippen molar-refractivity contribution in [1.82, 2.24) is 9.80 Å². The number of amides is 1. The predicted molar refractivity (Wildman–Crippen MR) is 75.4 cm³/mol. The van der Waals surface area contributed by atoms with Gasteiger partial charge in [0.2, 0.25) is 5.91 Å². The summed E-state index contributed by atoms with van der Waals surface area (Å²) < 4.78 is 0. The molecule has 0 saturated carbocycles. The van der Waals surface area contributed by atoms with E-state index in [0.717, 1.165) is 58.5 Å². The summed E-state index contributed by atoms with van der Waals surface area (Å²) >= 11 is 0. The van der Waals surface area contributed by atoms with Crippen LogP contribution in [0.4, 0.5) is 0 Å². The van der Waals surface area contributed by atoms with E-state index in [0.29, 0.717) is 18.2 Å². The standard InChI is InChI=1S/C14H29N3O/c1-3-13(7-8-15)5-6-14(18)17-11-9-16(4-2)10-12-17/h13H,3-12,15H2,1-2H3. The molecular formula is C14H29N3O. The molecule has 1 rings (SSSR count). The number of hydrogen-bond acceptors (Lipinski definition) is 3. The third-order valence-corrected chi connectivity index (χ3v) is 4.09. The maximum atomic E-state index is 12.1. The molecule has 1 atom stereocenters. The van der Waals surface area contributed by atoms with Gasteiger partial charge in [0.25, 0.3) is 0 Å². The monoisotopic (exact) mass is 255 g/mol. The fraction of sp³-hybridized carbons (Fsp3) is 0.929. The molecule has 2 N–H and O–H groups in total. The van der Waals surface area contributed by atoms with Crippen molar-refractivity contribution in [2.75, 3.05) is 39.3 Å². The first kappa shape index (κ1) is 15.4. The van der Waals surface area contributed by atoms with E-state index in [1.807, 2.05) is 4.90 Å². The van der Waals surface area contributed by atoms with Gasteiger partial charge in [0.05, 0.1) is 0 Å². The number of hydrogen-bond donors (Lipinski definition) is 1.